The smallest absolute Gasteiger partial charge is 0.0340 e. The van der Waals surface area contributed by atoms with E-state index >= 15 is 0 Å². The van der Waals surface area contributed by atoms with Crippen molar-refractivity contribution in [1.82, 2.24) is 0 Å². The molecule has 6 heavy (non-hydrogen) atoms. The first-order valence-corrected chi connectivity index (χ1v) is 2.54. The van der Waals surface area contributed by atoms with Crippen LogP contribution in [0.2, 0.25) is 0 Å². The Morgan fingerprint density at radius 3 is 2.17 bits per heavy atom. The Kier molecular flexibility index (Phi) is 3.62. The summed E-state index contributed by atoms with van der Waals surface area (Å²) in [5.74, 6) is 0. The highest BCUT2D eigenvalue weighted by Crippen LogP contribution is 2.06. The maximum absolute atomic E-state index is 7.70. The van der Waals surface area contributed by atoms with Crippen molar-refractivity contribution in [1.29, 1.82) is 0 Å². The molecule has 0 radical (unpaired) electrons. The molecule has 1 N–H and O–H groups in total. The second-order valence-electron chi connectivity index (χ2n) is 1.22. The van der Waals surface area contributed by atoms with Crippen molar-refractivity contribution in [3.63, 3.8) is 0 Å². The summed E-state index contributed by atoms with van der Waals surface area (Å²) in [6, 6.07) is 0. The van der Waals surface area contributed by atoms with Crippen molar-refractivity contribution in [3.05, 3.63) is 0 Å². The lowest BCUT2D eigenvalue weighted by Gasteiger charge is -1.93. The Morgan fingerprint density at radius 1 is 1.67 bits per heavy atom. The molecule has 0 aromatic carbocycles. The molecule has 0 aromatic rings. The zero-order valence-electron chi connectivity index (χ0n) is 3.84. The van der Waals surface area contributed by atoms with Crippen molar-refractivity contribution in [2.75, 3.05) is 0 Å². The van der Waals surface area contributed by atoms with Gasteiger partial charge in [-0.15, -0.1) is 0 Å². The Bertz CT molecular complexity index is 30.0. The van der Waals surface area contributed by atoms with Crippen LogP contribution in [0.1, 0.15) is 13.8 Å². The predicted octanol–water partition coefficient (Wildman–Crippen LogP) is 1.53. The molecule has 0 aliphatic rings. The Balaban J connectivity index is 2.63. The summed E-state index contributed by atoms with van der Waals surface area (Å²) in [4.78, 5) is 0. The molecule has 0 aliphatic carbocycles. The second-order valence-corrected chi connectivity index (χ2v) is 2.50. The largest absolute Gasteiger partial charge is 0.239 e. The summed E-state index contributed by atoms with van der Waals surface area (Å²) in [5.41, 5.74) is 0. The summed E-state index contributed by atoms with van der Waals surface area (Å²) in [6.07, 6.45) is 0. The van der Waals surface area contributed by atoms with E-state index in [1.807, 2.05) is 13.8 Å². The maximum Gasteiger partial charge on any atom is 0.0340 e. The van der Waals surface area contributed by atoms with E-state index in [0.717, 1.165) is 12.0 Å². The van der Waals surface area contributed by atoms with Crippen molar-refractivity contribution >= 4 is 12.0 Å². The van der Waals surface area contributed by atoms with Crippen LogP contribution in [-0.4, -0.2) is 10.5 Å². The van der Waals surface area contributed by atoms with Crippen LogP contribution < -0.4 is 0 Å². The minimum Gasteiger partial charge on any atom is -0.239 e. The van der Waals surface area contributed by atoms with E-state index in [0.29, 0.717) is 5.25 Å². The van der Waals surface area contributed by atoms with Gasteiger partial charge in [-0.3, -0.25) is 0 Å². The van der Waals surface area contributed by atoms with E-state index in [1.54, 1.807) is 0 Å². The molecule has 0 bridgehead atoms. The highest BCUT2D eigenvalue weighted by Gasteiger charge is 1.89. The fourth-order valence-electron chi connectivity index (χ4n) is 0.0861. The maximum atomic E-state index is 7.70. The molecule has 38 valence electrons. The molecule has 0 amide bonds. The summed E-state index contributed by atoms with van der Waals surface area (Å²) < 4.78 is 3.72. The minimum atomic E-state index is 0.343. The van der Waals surface area contributed by atoms with Crippen LogP contribution in [0.15, 0.2) is 0 Å². The molecule has 0 atom stereocenters. The highest BCUT2D eigenvalue weighted by molar-refractivity contribution is 7.95. The third kappa shape index (κ3) is 4.27. The lowest BCUT2D eigenvalue weighted by Crippen LogP contribution is -1.84. The summed E-state index contributed by atoms with van der Waals surface area (Å²) in [7, 11) is 0. The highest BCUT2D eigenvalue weighted by atomic mass is 32.2. The van der Waals surface area contributed by atoms with Gasteiger partial charge in [0.1, 0.15) is 0 Å². The first-order valence-electron chi connectivity index (χ1n) is 1.74. The van der Waals surface area contributed by atoms with Gasteiger partial charge in [0.25, 0.3) is 0 Å². The van der Waals surface area contributed by atoms with Gasteiger partial charge in [0.15, 0.2) is 0 Å². The molecule has 0 aromatic heterocycles. The SMILES string of the molecule is CC(C)SOO. The quantitative estimate of drug-likeness (QED) is 0.330. The number of hydrogen-bond donors (Lipinski definition) is 1. The van der Waals surface area contributed by atoms with Crippen molar-refractivity contribution in [2.45, 2.75) is 19.1 Å². The molecule has 0 unspecified atom stereocenters. The van der Waals surface area contributed by atoms with E-state index in [4.69, 9.17) is 5.26 Å². The van der Waals surface area contributed by atoms with E-state index in [-0.39, 0.29) is 0 Å². The van der Waals surface area contributed by atoms with Crippen LogP contribution in [-0.2, 0) is 4.33 Å². The number of rotatable bonds is 2. The van der Waals surface area contributed by atoms with Gasteiger partial charge in [0, 0.05) is 17.3 Å². The molecule has 0 heterocycles. The zero-order chi connectivity index (χ0) is 4.99. The van der Waals surface area contributed by atoms with Crippen molar-refractivity contribution in [3.8, 4) is 0 Å². The lowest BCUT2D eigenvalue weighted by molar-refractivity contribution is -0.117. The summed E-state index contributed by atoms with van der Waals surface area (Å²) in [6.45, 7) is 3.86. The first kappa shape index (κ1) is 6.27. The van der Waals surface area contributed by atoms with Crippen LogP contribution in [0.5, 0.6) is 0 Å². The second kappa shape index (κ2) is 3.46. The van der Waals surface area contributed by atoms with Crippen molar-refractivity contribution < 1.29 is 9.59 Å². The molecule has 0 saturated heterocycles. The molecule has 0 rings (SSSR count). The average molecular weight is 108 g/mol. The first-order chi connectivity index (χ1) is 2.77. The Labute approximate surface area is 41.6 Å². The third-order valence-corrected chi connectivity index (χ3v) is 0.706. The van der Waals surface area contributed by atoms with Gasteiger partial charge in [-0.2, -0.15) is 4.33 Å². The topological polar surface area (TPSA) is 29.5 Å². The van der Waals surface area contributed by atoms with Gasteiger partial charge >= 0.3 is 0 Å². The summed E-state index contributed by atoms with van der Waals surface area (Å²) in [5, 5.41) is 8.04. The molecule has 0 saturated carbocycles. The Hall–Kier alpha value is 0.270. The lowest BCUT2D eigenvalue weighted by atomic mass is 10.6. The standard InChI is InChI=1S/C3H8O2S/c1-3(2)6-5-4/h3-4H,1-2H3. The van der Waals surface area contributed by atoms with Gasteiger partial charge in [0.05, 0.1) is 0 Å². The fraction of sp³-hybridized carbons (Fsp3) is 1.00. The summed E-state index contributed by atoms with van der Waals surface area (Å²) >= 11 is 1.04. The van der Waals surface area contributed by atoms with Gasteiger partial charge in [-0.25, -0.2) is 5.26 Å². The molecule has 3 heteroatoms. The Morgan fingerprint density at radius 2 is 2.17 bits per heavy atom. The molecular formula is C3H8O2S. The van der Waals surface area contributed by atoms with E-state index in [9.17, 15) is 0 Å². The van der Waals surface area contributed by atoms with Crippen LogP contribution >= 0.6 is 12.0 Å². The van der Waals surface area contributed by atoms with E-state index in [1.165, 1.54) is 0 Å². The van der Waals surface area contributed by atoms with Gasteiger partial charge < -0.3 is 0 Å². The van der Waals surface area contributed by atoms with Crippen LogP contribution in [0.3, 0.4) is 0 Å². The minimum absolute atomic E-state index is 0.343. The molecule has 0 spiro atoms. The van der Waals surface area contributed by atoms with E-state index in [2.05, 4.69) is 4.33 Å². The monoisotopic (exact) mass is 108 g/mol. The normalized spacial score (nSPS) is 10.0. The molecule has 0 aliphatic heterocycles. The van der Waals surface area contributed by atoms with Gasteiger partial charge in [0.2, 0.25) is 0 Å². The molecule has 0 fully saturated rings. The third-order valence-electron chi connectivity index (χ3n) is 0.235. The van der Waals surface area contributed by atoms with Gasteiger partial charge in [-0.1, -0.05) is 13.8 Å². The number of hydrogen-bond acceptors (Lipinski definition) is 3. The predicted molar refractivity (Wildman–Crippen MR) is 26.4 cm³/mol. The van der Waals surface area contributed by atoms with Gasteiger partial charge in [-0.05, 0) is 0 Å². The van der Waals surface area contributed by atoms with Crippen LogP contribution in [0.4, 0.5) is 0 Å². The average Bonchev–Trinajstić information content (AvgIpc) is 1.35. The molecular weight excluding hydrogens is 100 g/mol. The van der Waals surface area contributed by atoms with Crippen LogP contribution in [0, 0.1) is 0 Å². The van der Waals surface area contributed by atoms with Crippen molar-refractivity contribution in [2.24, 2.45) is 0 Å². The molecule has 2 nitrogen and oxygen atoms in total. The zero-order valence-corrected chi connectivity index (χ0v) is 4.66. The van der Waals surface area contributed by atoms with E-state index < -0.39 is 0 Å². The van der Waals surface area contributed by atoms with Crippen LogP contribution in [0.25, 0.3) is 0 Å². The fourth-order valence-corrected chi connectivity index (χ4v) is 0.258.